The summed E-state index contributed by atoms with van der Waals surface area (Å²) in [4.78, 5) is 0. The zero-order valence-electron chi connectivity index (χ0n) is 13.5. The van der Waals surface area contributed by atoms with Gasteiger partial charge in [0.1, 0.15) is 0 Å². The Morgan fingerprint density at radius 3 is 2.52 bits per heavy atom. The summed E-state index contributed by atoms with van der Waals surface area (Å²) in [6.45, 7) is 1.82. The fraction of sp³-hybridized carbons (Fsp3) is 0.625. The summed E-state index contributed by atoms with van der Waals surface area (Å²) in [5.74, 6) is 0. The highest BCUT2D eigenvalue weighted by Crippen LogP contribution is 2.21. The van der Waals surface area contributed by atoms with Gasteiger partial charge in [-0.3, -0.25) is 0 Å². The van der Waals surface area contributed by atoms with E-state index in [9.17, 15) is 0 Å². The lowest BCUT2D eigenvalue weighted by molar-refractivity contribution is 0.400. The second-order valence-corrected chi connectivity index (χ2v) is 6.75. The van der Waals surface area contributed by atoms with Crippen molar-refractivity contribution in [3.63, 3.8) is 0 Å². The number of nitrogens with two attached hydrogens (primary N) is 1. The fourth-order valence-electron chi connectivity index (χ4n) is 2.44. The Morgan fingerprint density at radius 2 is 1.83 bits per heavy atom. The van der Waals surface area contributed by atoms with Gasteiger partial charge in [0.05, 0.1) is 0 Å². The van der Waals surface area contributed by atoms with Crippen LogP contribution >= 0.6 is 23.2 Å². The first-order valence-electron chi connectivity index (χ1n) is 8.25. The Balaban J connectivity index is 2.00. The van der Waals surface area contributed by atoms with Crippen LogP contribution in [0, 0.1) is 0 Å². The van der Waals surface area contributed by atoms with E-state index < -0.39 is 7.12 Å². The van der Waals surface area contributed by atoms with Gasteiger partial charge in [0.15, 0.2) is 0 Å². The van der Waals surface area contributed by atoms with Gasteiger partial charge < -0.3 is 21.1 Å². The summed E-state index contributed by atoms with van der Waals surface area (Å²) in [5.41, 5.74) is 7.15. The first-order chi connectivity index (χ1) is 11.0. The van der Waals surface area contributed by atoms with Gasteiger partial charge in [0.2, 0.25) is 0 Å². The monoisotopic (exact) mass is 360 g/mol. The Kier molecular flexibility index (Phi) is 10.9. The lowest BCUT2D eigenvalue weighted by atomic mass is 9.83. The molecular formula is C16H27BCl2N2O2. The smallest absolute Gasteiger partial charge is 0.427 e. The molecule has 5 N–H and O–H groups in total. The maximum atomic E-state index is 8.76. The number of benzene rings is 1. The van der Waals surface area contributed by atoms with Gasteiger partial charge in [-0.05, 0) is 62.8 Å². The van der Waals surface area contributed by atoms with Gasteiger partial charge in [-0.2, -0.15) is 0 Å². The van der Waals surface area contributed by atoms with Crippen LogP contribution in [0.5, 0.6) is 0 Å². The second-order valence-electron chi connectivity index (χ2n) is 5.90. The van der Waals surface area contributed by atoms with E-state index in [0.717, 1.165) is 57.2 Å². The molecule has 0 fully saturated rings. The van der Waals surface area contributed by atoms with Crippen molar-refractivity contribution in [2.45, 2.75) is 50.9 Å². The summed E-state index contributed by atoms with van der Waals surface area (Å²) in [7, 11) is -1.19. The topological polar surface area (TPSA) is 78.5 Å². The fourth-order valence-corrected chi connectivity index (χ4v) is 2.94. The molecule has 0 radical (unpaired) electrons. The molecule has 130 valence electrons. The molecule has 0 saturated carbocycles. The maximum Gasteiger partial charge on any atom is 0.451 e. The largest absolute Gasteiger partial charge is 0.451 e. The van der Waals surface area contributed by atoms with E-state index in [1.54, 1.807) is 6.07 Å². The number of nitrogens with one attached hydrogen (secondary N) is 1. The van der Waals surface area contributed by atoms with Crippen LogP contribution in [0.4, 0.5) is 0 Å². The van der Waals surface area contributed by atoms with Crippen molar-refractivity contribution < 1.29 is 10.0 Å². The highest BCUT2D eigenvalue weighted by molar-refractivity contribution is 6.40. The van der Waals surface area contributed by atoms with E-state index in [-0.39, 0.29) is 6.04 Å². The standard InChI is InChI=1S/C16H27BCl2N2O2/c18-14-7-6-13(16(19)12-14)8-11-21-10-3-5-15(20)4-1-2-9-17(22)23/h6-7,12,15,21-23H,1-5,8-11,20H2. The van der Waals surface area contributed by atoms with Gasteiger partial charge in [0.25, 0.3) is 0 Å². The van der Waals surface area contributed by atoms with E-state index in [1.807, 2.05) is 12.1 Å². The van der Waals surface area contributed by atoms with Gasteiger partial charge in [0, 0.05) is 16.1 Å². The highest BCUT2D eigenvalue weighted by Gasteiger charge is 2.07. The quantitative estimate of drug-likeness (QED) is 0.341. The Hall–Kier alpha value is -0.295. The van der Waals surface area contributed by atoms with Crippen molar-refractivity contribution in [2.24, 2.45) is 5.73 Å². The van der Waals surface area contributed by atoms with E-state index in [1.165, 1.54) is 0 Å². The van der Waals surface area contributed by atoms with Crippen LogP contribution in [0.2, 0.25) is 16.4 Å². The SMILES string of the molecule is NC(CCCCB(O)O)CCCNCCc1ccc(Cl)cc1Cl. The molecular weight excluding hydrogens is 334 g/mol. The lowest BCUT2D eigenvalue weighted by Crippen LogP contribution is -2.24. The molecule has 1 atom stereocenters. The molecule has 0 heterocycles. The van der Waals surface area contributed by atoms with Crippen molar-refractivity contribution >= 4 is 30.3 Å². The molecule has 0 aliphatic carbocycles. The highest BCUT2D eigenvalue weighted by atomic mass is 35.5. The van der Waals surface area contributed by atoms with Crippen LogP contribution < -0.4 is 11.1 Å². The molecule has 0 aromatic heterocycles. The summed E-state index contributed by atoms with van der Waals surface area (Å²) >= 11 is 12.0. The molecule has 4 nitrogen and oxygen atoms in total. The minimum Gasteiger partial charge on any atom is -0.427 e. The predicted molar refractivity (Wildman–Crippen MR) is 99.1 cm³/mol. The van der Waals surface area contributed by atoms with Gasteiger partial charge in [-0.15, -0.1) is 0 Å². The van der Waals surface area contributed by atoms with Crippen LogP contribution in [0.25, 0.3) is 0 Å². The van der Waals surface area contributed by atoms with Gasteiger partial charge >= 0.3 is 7.12 Å². The van der Waals surface area contributed by atoms with Crippen LogP contribution in [0.1, 0.15) is 37.7 Å². The molecule has 0 saturated heterocycles. The summed E-state index contributed by atoms with van der Waals surface area (Å²) in [6, 6.07) is 5.79. The Bertz CT molecular complexity index is 450. The van der Waals surface area contributed by atoms with E-state index in [4.69, 9.17) is 39.0 Å². The van der Waals surface area contributed by atoms with Crippen LogP contribution in [-0.2, 0) is 6.42 Å². The maximum absolute atomic E-state index is 8.76. The number of halogens is 2. The minimum atomic E-state index is -1.19. The molecule has 0 bridgehead atoms. The third kappa shape index (κ3) is 10.2. The molecule has 1 rings (SSSR count). The zero-order chi connectivity index (χ0) is 17.1. The van der Waals surface area contributed by atoms with Crippen LogP contribution in [-0.4, -0.2) is 36.3 Å². The molecule has 1 unspecified atom stereocenters. The van der Waals surface area contributed by atoms with E-state index in [0.29, 0.717) is 16.4 Å². The molecule has 0 amide bonds. The first kappa shape index (κ1) is 20.7. The third-order valence-electron chi connectivity index (χ3n) is 3.80. The molecule has 0 spiro atoms. The molecule has 1 aromatic carbocycles. The van der Waals surface area contributed by atoms with E-state index >= 15 is 0 Å². The third-order valence-corrected chi connectivity index (χ3v) is 4.39. The number of hydrogen-bond acceptors (Lipinski definition) is 4. The normalized spacial score (nSPS) is 12.4. The number of unbranched alkanes of at least 4 members (excludes halogenated alkanes) is 1. The van der Waals surface area contributed by atoms with Crippen LogP contribution in [0.3, 0.4) is 0 Å². The van der Waals surface area contributed by atoms with Crippen molar-refractivity contribution in [1.82, 2.24) is 5.32 Å². The van der Waals surface area contributed by atoms with Crippen LogP contribution in [0.15, 0.2) is 18.2 Å². The average molecular weight is 361 g/mol. The predicted octanol–water partition coefficient (Wildman–Crippen LogP) is 2.88. The zero-order valence-corrected chi connectivity index (χ0v) is 15.0. The van der Waals surface area contributed by atoms with Gasteiger partial charge in [-0.1, -0.05) is 42.1 Å². The summed E-state index contributed by atoms with van der Waals surface area (Å²) in [5, 5.41) is 22.3. The molecule has 23 heavy (non-hydrogen) atoms. The van der Waals surface area contributed by atoms with Crippen molar-refractivity contribution in [1.29, 1.82) is 0 Å². The average Bonchev–Trinajstić information content (AvgIpc) is 2.49. The van der Waals surface area contributed by atoms with Gasteiger partial charge in [-0.25, -0.2) is 0 Å². The summed E-state index contributed by atoms with van der Waals surface area (Å²) < 4.78 is 0. The van der Waals surface area contributed by atoms with E-state index in [2.05, 4.69) is 5.32 Å². The Morgan fingerprint density at radius 1 is 1.09 bits per heavy atom. The van der Waals surface area contributed by atoms with Crippen molar-refractivity contribution in [2.75, 3.05) is 13.1 Å². The second kappa shape index (κ2) is 12.1. The molecule has 1 aromatic rings. The number of hydrogen-bond donors (Lipinski definition) is 4. The summed E-state index contributed by atoms with van der Waals surface area (Å²) in [6.07, 6.45) is 6.03. The number of rotatable bonds is 12. The lowest BCUT2D eigenvalue weighted by Gasteiger charge is -2.12. The van der Waals surface area contributed by atoms with Crippen molar-refractivity contribution in [3.05, 3.63) is 33.8 Å². The Labute approximate surface area is 149 Å². The molecule has 7 heteroatoms. The minimum absolute atomic E-state index is 0.193. The molecule has 0 aliphatic rings. The first-order valence-corrected chi connectivity index (χ1v) is 9.01. The van der Waals surface area contributed by atoms with Crippen molar-refractivity contribution in [3.8, 4) is 0 Å². The molecule has 0 aliphatic heterocycles.